The van der Waals surface area contributed by atoms with Gasteiger partial charge in [0.25, 0.3) is 0 Å². The van der Waals surface area contributed by atoms with E-state index in [1.807, 2.05) is 41.5 Å². The second-order valence-corrected chi connectivity index (χ2v) is 6.09. The Kier molecular flexibility index (Phi) is 4.58. The molecule has 0 aromatic carbocycles. The zero-order valence-corrected chi connectivity index (χ0v) is 12.8. The summed E-state index contributed by atoms with van der Waals surface area (Å²) in [7, 11) is 0. The van der Waals surface area contributed by atoms with Crippen LogP contribution in [0.2, 0.25) is 0 Å². The summed E-state index contributed by atoms with van der Waals surface area (Å²) >= 11 is 0. The normalized spacial score (nSPS) is 21.2. The zero-order valence-electron chi connectivity index (χ0n) is 12.8. The lowest BCUT2D eigenvalue weighted by molar-refractivity contribution is -0.0708. The molecule has 0 radical (unpaired) electrons. The van der Waals surface area contributed by atoms with Gasteiger partial charge in [-0.1, -0.05) is 10.3 Å². The molecule has 1 aliphatic rings. The minimum Gasteiger partial charge on any atom is -0.411 e. The molecule has 6 heteroatoms. The van der Waals surface area contributed by atoms with Crippen LogP contribution in [0.25, 0.3) is 0 Å². The lowest BCUT2D eigenvalue weighted by atomic mass is 9.96. The molecule has 1 rings (SSSR count). The van der Waals surface area contributed by atoms with E-state index in [-0.39, 0.29) is 11.1 Å². The average molecular weight is 270 g/mol. The average Bonchev–Trinajstić information content (AvgIpc) is 2.86. The van der Waals surface area contributed by atoms with E-state index in [9.17, 15) is 0 Å². The molecular weight excluding hydrogens is 244 g/mol. The molecule has 19 heavy (non-hydrogen) atoms. The monoisotopic (exact) mass is 270 g/mol. The Morgan fingerprint density at radius 2 is 1.16 bits per heavy atom. The first kappa shape index (κ1) is 15.9. The minimum absolute atomic E-state index is 0.377. The molecule has 1 fully saturated rings. The number of hydrogen-bond acceptors (Lipinski definition) is 6. The van der Waals surface area contributed by atoms with Crippen LogP contribution in [0.3, 0.4) is 0 Å². The first-order chi connectivity index (χ1) is 8.69. The van der Waals surface area contributed by atoms with Gasteiger partial charge in [-0.15, -0.1) is 0 Å². The molecule has 1 heterocycles. The molecule has 1 aliphatic heterocycles. The standard InChI is InChI=1S/C13H26N4O2/c1-10(14-18)12(3,4)16-8-7-9-17(16)13(5,6)11(2)15-19/h18-19H,7-9H2,1-6H3/b14-10+,15-11+. The van der Waals surface area contributed by atoms with Crippen molar-refractivity contribution >= 4 is 11.4 Å². The van der Waals surface area contributed by atoms with Crippen LogP contribution in [0, 0.1) is 0 Å². The lowest BCUT2D eigenvalue weighted by Crippen LogP contribution is -2.62. The van der Waals surface area contributed by atoms with Crippen LogP contribution >= 0.6 is 0 Å². The van der Waals surface area contributed by atoms with Crippen molar-refractivity contribution in [2.45, 2.75) is 59.0 Å². The Bertz CT molecular complexity index is 352. The molecule has 0 amide bonds. The zero-order chi connectivity index (χ0) is 14.8. The van der Waals surface area contributed by atoms with E-state index in [0.29, 0.717) is 11.4 Å². The second-order valence-electron chi connectivity index (χ2n) is 6.09. The molecule has 0 spiro atoms. The lowest BCUT2D eigenvalue weighted by Gasteiger charge is -2.47. The van der Waals surface area contributed by atoms with E-state index < -0.39 is 0 Å². The number of hydrogen-bond donors (Lipinski definition) is 2. The third kappa shape index (κ3) is 2.74. The van der Waals surface area contributed by atoms with Crippen molar-refractivity contribution < 1.29 is 10.4 Å². The van der Waals surface area contributed by atoms with Crippen molar-refractivity contribution in [1.29, 1.82) is 0 Å². The van der Waals surface area contributed by atoms with Gasteiger partial charge in [-0.05, 0) is 48.0 Å². The topological polar surface area (TPSA) is 71.7 Å². The molecule has 0 unspecified atom stereocenters. The van der Waals surface area contributed by atoms with Crippen LogP contribution in [0.1, 0.15) is 48.0 Å². The number of rotatable bonds is 4. The maximum Gasteiger partial charge on any atom is 0.0750 e. The van der Waals surface area contributed by atoms with Gasteiger partial charge < -0.3 is 10.4 Å². The van der Waals surface area contributed by atoms with E-state index >= 15 is 0 Å². The highest BCUT2D eigenvalue weighted by Gasteiger charge is 2.44. The maximum absolute atomic E-state index is 9.05. The van der Waals surface area contributed by atoms with Gasteiger partial charge in [0, 0.05) is 13.1 Å². The Morgan fingerprint density at radius 3 is 1.42 bits per heavy atom. The van der Waals surface area contributed by atoms with Gasteiger partial charge in [0.05, 0.1) is 22.5 Å². The van der Waals surface area contributed by atoms with E-state index in [2.05, 4.69) is 20.3 Å². The molecular formula is C13H26N4O2. The minimum atomic E-state index is -0.377. The highest BCUT2D eigenvalue weighted by Crippen LogP contribution is 2.31. The van der Waals surface area contributed by atoms with Gasteiger partial charge in [0.15, 0.2) is 0 Å². The van der Waals surface area contributed by atoms with Gasteiger partial charge in [0.1, 0.15) is 0 Å². The number of hydrazine groups is 1. The summed E-state index contributed by atoms with van der Waals surface area (Å²) in [5.74, 6) is 0. The van der Waals surface area contributed by atoms with Crippen LogP contribution in [-0.4, -0.2) is 56.0 Å². The molecule has 0 saturated carbocycles. The Hall–Kier alpha value is -1.14. The molecule has 0 aliphatic carbocycles. The summed E-state index contributed by atoms with van der Waals surface area (Å²) in [6.07, 6.45) is 1.03. The number of oxime groups is 2. The first-order valence-corrected chi connectivity index (χ1v) is 6.63. The SMILES string of the molecule is C/C(=N\O)C(C)(C)N1CCCN1C(C)(C)/C(C)=N/O. The van der Waals surface area contributed by atoms with E-state index in [1.54, 1.807) is 0 Å². The predicted octanol–water partition coefficient (Wildman–Crippen LogP) is 2.17. The van der Waals surface area contributed by atoms with Crippen molar-refractivity contribution in [3.8, 4) is 0 Å². The fourth-order valence-electron chi connectivity index (χ4n) is 2.39. The highest BCUT2D eigenvalue weighted by molar-refractivity contribution is 5.91. The molecule has 1 saturated heterocycles. The highest BCUT2D eigenvalue weighted by atomic mass is 16.4. The Morgan fingerprint density at radius 1 is 0.842 bits per heavy atom. The van der Waals surface area contributed by atoms with Crippen LogP contribution in [0.4, 0.5) is 0 Å². The summed E-state index contributed by atoms with van der Waals surface area (Å²) in [5.41, 5.74) is 0.568. The van der Waals surface area contributed by atoms with Gasteiger partial charge in [-0.3, -0.25) is 0 Å². The van der Waals surface area contributed by atoms with Crippen molar-refractivity contribution in [2.24, 2.45) is 10.3 Å². The van der Waals surface area contributed by atoms with E-state index in [4.69, 9.17) is 10.4 Å². The smallest absolute Gasteiger partial charge is 0.0750 e. The fourth-order valence-corrected chi connectivity index (χ4v) is 2.39. The molecule has 6 nitrogen and oxygen atoms in total. The first-order valence-electron chi connectivity index (χ1n) is 6.63. The van der Waals surface area contributed by atoms with E-state index in [0.717, 1.165) is 19.5 Å². The molecule has 0 aromatic rings. The molecule has 0 atom stereocenters. The van der Waals surface area contributed by atoms with Gasteiger partial charge in [0.2, 0.25) is 0 Å². The van der Waals surface area contributed by atoms with Crippen LogP contribution in [0.15, 0.2) is 10.3 Å². The molecule has 0 aromatic heterocycles. The van der Waals surface area contributed by atoms with Crippen molar-refractivity contribution in [3.05, 3.63) is 0 Å². The molecule has 2 N–H and O–H groups in total. The van der Waals surface area contributed by atoms with Gasteiger partial charge in [-0.25, -0.2) is 10.0 Å². The molecule has 0 bridgehead atoms. The van der Waals surface area contributed by atoms with Crippen molar-refractivity contribution in [1.82, 2.24) is 10.0 Å². The Balaban J connectivity index is 3.10. The summed E-state index contributed by atoms with van der Waals surface area (Å²) < 4.78 is 0. The summed E-state index contributed by atoms with van der Waals surface area (Å²) in [6, 6.07) is 0. The largest absolute Gasteiger partial charge is 0.411 e. The van der Waals surface area contributed by atoms with Crippen LogP contribution in [0.5, 0.6) is 0 Å². The second kappa shape index (κ2) is 5.46. The quantitative estimate of drug-likeness (QED) is 0.466. The van der Waals surface area contributed by atoms with Gasteiger partial charge in [-0.2, -0.15) is 0 Å². The van der Waals surface area contributed by atoms with Crippen LogP contribution in [-0.2, 0) is 0 Å². The Labute approximate surface area is 115 Å². The molecule has 110 valence electrons. The fraction of sp³-hybridized carbons (Fsp3) is 0.846. The number of nitrogens with zero attached hydrogens (tertiary/aromatic N) is 4. The summed E-state index contributed by atoms with van der Waals surface area (Å²) in [4.78, 5) is 0. The van der Waals surface area contributed by atoms with Crippen LogP contribution < -0.4 is 0 Å². The summed E-state index contributed by atoms with van der Waals surface area (Å²) in [6.45, 7) is 13.5. The van der Waals surface area contributed by atoms with Crippen molar-refractivity contribution in [3.63, 3.8) is 0 Å². The predicted molar refractivity (Wildman–Crippen MR) is 76.0 cm³/mol. The maximum atomic E-state index is 9.05. The van der Waals surface area contributed by atoms with E-state index in [1.165, 1.54) is 0 Å². The summed E-state index contributed by atoms with van der Waals surface area (Å²) in [5, 5.41) is 29.2. The third-order valence-electron chi connectivity index (χ3n) is 4.39. The van der Waals surface area contributed by atoms with Gasteiger partial charge >= 0.3 is 0 Å². The third-order valence-corrected chi connectivity index (χ3v) is 4.39. The van der Waals surface area contributed by atoms with Crippen molar-refractivity contribution in [2.75, 3.05) is 13.1 Å².